The summed E-state index contributed by atoms with van der Waals surface area (Å²) in [6.07, 6.45) is 1.59. The second-order valence-electron chi connectivity index (χ2n) is 13.5. The number of amides is 4. The molecule has 0 spiro atoms. The number of piperidine rings is 1. The fourth-order valence-corrected chi connectivity index (χ4v) is 7.32. The second kappa shape index (κ2) is 17.3. The van der Waals surface area contributed by atoms with Gasteiger partial charge in [-0.05, 0) is 48.9 Å². The lowest BCUT2D eigenvalue weighted by Crippen LogP contribution is -2.53. The van der Waals surface area contributed by atoms with Crippen LogP contribution in [0.4, 0.5) is 0 Å². The van der Waals surface area contributed by atoms with Gasteiger partial charge in [-0.2, -0.15) is 0 Å². The number of nitrogen functional groups attached to an aromatic ring is 1. The van der Waals surface area contributed by atoms with E-state index in [0.717, 1.165) is 16.9 Å². The quantitative estimate of drug-likeness (QED) is 0.0748. The number of likely N-dealkylation sites (tertiary alicyclic amines) is 1. The van der Waals surface area contributed by atoms with Gasteiger partial charge in [0.2, 0.25) is 23.6 Å². The van der Waals surface area contributed by atoms with Gasteiger partial charge in [0.1, 0.15) is 23.7 Å². The molecule has 2 fully saturated rings. The third kappa shape index (κ3) is 10.2. The second-order valence-corrected chi connectivity index (χ2v) is 14.5. The lowest BCUT2D eigenvalue weighted by molar-refractivity contribution is -0.145. The maximum Gasteiger partial charge on any atom is 0.306 e. The van der Waals surface area contributed by atoms with E-state index in [2.05, 4.69) is 16.0 Å². The van der Waals surface area contributed by atoms with Crippen LogP contribution in [0, 0.1) is 10.8 Å². The van der Waals surface area contributed by atoms with Crippen molar-refractivity contribution in [3.8, 4) is 5.75 Å². The predicted molar refractivity (Wildman–Crippen MR) is 195 cm³/mol. The van der Waals surface area contributed by atoms with Crippen LogP contribution in [0.5, 0.6) is 5.75 Å². The summed E-state index contributed by atoms with van der Waals surface area (Å²) in [5.41, 5.74) is 7.03. The van der Waals surface area contributed by atoms with Crippen molar-refractivity contribution in [2.45, 2.75) is 76.5 Å². The number of carbonyl (C=O) groups is 5. The lowest BCUT2D eigenvalue weighted by atomic mass is 10.0. The number of carbonyl (C=O) groups excluding carboxylic acids is 5. The van der Waals surface area contributed by atoms with Crippen molar-refractivity contribution < 1.29 is 33.4 Å². The molecule has 4 amide bonds. The average Bonchev–Trinajstić information content (AvgIpc) is 3.42. The minimum atomic E-state index is -1.05. The minimum Gasteiger partial charge on any atom is -0.494 e. The highest BCUT2D eigenvalue weighted by molar-refractivity contribution is 7.10. The number of fused-ring (bicyclic) bond motifs is 1. The molecule has 3 aromatic rings. The van der Waals surface area contributed by atoms with Crippen LogP contribution in [0.15, 0.2) is 72.1 Å². The summed E-state index contributed by atoms with van der Waals surface area (Å²) in [5, 5.41) is 17.7. The lowest BCUT2D eigenvalue weighted by Gasteiger charge is -2.28. The van der Waals surface area contributed by atoms with E-state index in [4.69, 9.17) is 20.6 Å². The zero-order valence-electron chi connectivity index (χ0n) is 29.4. The highest BCUT2D eigenvalue weighted by Crippen LogP contribution is 2.59. The molecule has 1 aromatic heterocycles. The third-order valence-corrected chi connectivity index (χ3v) is 10.6. The Morgan fingerprint density at radius 3 is 2.40 bits per heavy atom. The first-order valence-electron chi connectivity index (χ1n) is 17.4. The van der Waals surface area contributed by atoms with E-state index < -0.39 is 35.8 Å². The van der Waals surface area contributed by atoms with Crippen molar-refractivity contribution >= 4 is 46.8 Å². The van der Waals surface area contributed by atoms with Crippen molar-refractivity contribution in [3.63, 3.8) is 0 Å². The average molecular weight is 731 g/mol. The van der Waals surface area contributed by atoms with Crippen LogP contribution >= 0.6 is 11.3 Å². The Balaban J connectivity index is 1.14. The zero-order valence-corrected chi connectivity index (χ0v) is 30.2. The third-order valence-electron chi connectivity index (χ3n) is 9.48. The van der Waals surface area contributed by atoms with E-state index in [9.17, 15) is 24.0 Å². The van der Waals surface area contributed by atoms with Crippen LogP contribution in [0.3, 0.4) is 0 Å². The number of nitrogens with zero attached hydrogens (tertiary/aromatic N) is 1. The van der Waals surface area contributed by atoms with Gasteiger partial charge in [-0.15, -0.1) is 11.3 Å². The van der Waals surface area contributed by atoms with Gasteiger partial charge in [0.15, 0.2) is 0 Å². The zero-order chi connectivity index (χ0) is 37.3. The largest absolute Gasteiger partial charge is 0.494 e. The molecule has 1 aliphatic carbocycles. The molecule has 13 nitrogen and oxygen atoms in total. The van der Waals surface area contributed by atoms with Crippen LogP contribution in [0.25, 0.3) is 0 Å². The smallest absolute Gasteiger partial charge is 0.306 e. The number of thiophene rings is 1. The van der Waals surface area contributed by atoms with E-state index in [1.807, 2.05) is 62.4 Å². The van der Waals surface area contributed by atoms with Gasteiger partial charge in [0.25, 0.3) is 0 Å². The molecule has 2 aromatic carbocycles. The first-order valence-corrected chi connectivity index (χ1v) is 18.3. The molecule has 276 valence electrons. The molecule has 1 aliphatic heterocycles. The molecule has 52 heavy (non-hydrogen) atoms. The standard InChI is InChI=1S/C38H46N6O7S/c1-24(30-19-26(23-52-30)35(39)40)42-37(49)29-20-38(2)21-31(38)44(29)33(46)22-41-36(48)28(16-18-50-27-11-7-4-8-12-27)43-32(45)13-14-34(47)51-17-15-25-9-5-3-6-10-25/h3-12,19,23-24,28-29,31H,13-18,20-22H2,1-2H3,(H3,39,40)(H,41,48)(H,42,49)(H,43,45)/t24-,28+,29+,31+,38-/m1/s1. The van der Waals surface area contributed by atoms with Gasteiger partial charge in [-0.1, -0.05) is 55.5 Å². The van der Waals surface area contributed by atoms with Crippen molar-refractivity contribution in [2.75, 3.05) is 19.8 Å². The number of nitrogens with one attached hydrogen (secondary N) is 4. The van der Waals surface area contributed by atoms with Crippen LogP contribution in [-0.4, -0.2) is 78.2 Å². The Labute approximate surface area is 307 Å². The van der Waals surface area contributed by atoms with E-state index in [1.165, 1.54) is 11.3 Å². The molecule has 5 rings (SSSR count). The Morgan fingerprint density at radius 2 is 1.71 bits per heavy atom. The Kier molecular flexibility index (Phi) is 12.7. The van der Waals surface area contributed by atoms with Crippen LogP contribution in [0.2, 0.25) is 0 Å². The van der Waals surface area contributed by atoms with Gasteiger partial charge in [0, 0.05) is 41.1 Å². The molecule has 1 saturated carbocycles. The molecule has 5 atom stereocenters. The fraction of sp³-hybridized carbons (Fsp3) is 0.421. The van der Waals surface area contributed by atoms with E-state index in [-0.39, 0.29) is 68.3 Å². The van der Waals surface area contributed by atoms with Crippen LogP contribution < -0.4 is 26.4 Å². The fourth-order valence-electron chi connectivity index (χ4n) is 6.40. The van der Waals surface area contributed by atoms with Crippen molar-refractivity contribution in [2.24, 2.45) is 11.1 Å². The first kappa shape index (κ1) is 38.0. The van der Waals surface area contributed by atoms with Gasteiger partial charge in [-0.25, -0.2) is 0 Å². The highest BCUT2D eigenvalue weighted by atomic mass is 32.1. The maximum absolute atomic E-state index is 13.6. The summed E-state index contributed by atoms with van der Waals surface area (Å²) in [4.78, 5) is 68.1. The molecule has 0 radical (unpaired) electrons. The number of para-hydroxylation sites is 1. The van der Waals surface area contributed by atoms with E-state index >= 15 is 0 Å². The van der Waals surface area contributed by atoms with E-state index in [0.29, 0.717) is 24.2 Å². The normalized spacial score (nSPS) is 19.8. The monoisotopic (exact) mass is 730 g/mol. The summed E-state index contributed by atoms with van der Waals surface area (Å²) in [6, 6.07) is 18.2. The summed E-state index contributed by atoms with van der Waals surface area (Å²) in [5.74, 6) is -1.77. The van der Waals surface area contributed by atoms with Gasteiger partial charge >= 0.3 is 5.97 Å². The summed E-state index contributed by atoms with van der Waals surface area (Å²) in [7, 11) is 0. The SMILES string of the molecule is C[C@@H](NC(=O)[C@@H]1C[C@]2(C)C[C@@H]2N1C(=O)CNC(=O)[C@H](CCOc1ccccc1)NC(=O)CCC(=O)OCCc1ccccc1)c1cc(C(=N)N)cs1. The summed E-state index contributed by atoms with van der Waals surface area (Å²) >= 11 is 1.39. The number of benzene rings is 2. The minimum absolute atomic E-state index is 0.0518. The molecule has 1 saturated heterocycles. The van der Waals surface area contributed by atoms with E-state index in [1.54, 1.807) is 28.5 Å². The Morgan fingerprint density at radius 1 is 1.00 bits per heavy atom. The number of hydrogen-bond acceptors (Lipinski definition) is 9. The topological polar surface area (TPSA) is 193 Å². The van der Waals surface area contributed by atoms with Crippen molar-refractivity contribution in [1.82, 2.24) is 20.9 Å². The number of hydrogen-bond donors (Lipinski definition) is 5. The number of nitrogens with two attached hydrogens (primary N) is 1. The first-order chi connectivity index (χ1) is 24.9. The maximum atomic E-state index is 13.6. The molecular weight excluding hydrogens is 685 g/mol. The van der Waals surface area contributed by atoms with Crippen molar-refractivity contribution in [1.29, 1.82) is 5.41 Å². The Bertz CT molecular complexity index is 1750. The summed E-state index contributed by atoms with van der Waals surface area (Å²) < 4.78 is 11.0. The van der Waals surface area contributed by atoms with Crippen LogP contribution in [-0.2, 0) is 35.1 Å². The summed E-state index contributed by atoms with van der Waals surface area (Å²) in [6.45, 7) is 3.81. The predicted octanol–water partition coefficient (Wildman–Crippen LogP) is 3.23. The number of esters is 1. The van der Waals surface area contributed by atoms with Gasteiger partial charge in [0.05, 0.1) is 32.2 Å². The highest BCUT2D eigenvalue weighted by Gasteiger charge is 2.64. The van der Waals surface area contributed by atoms with Gasteiger partial charge < -0.3 is 36.1 Å². The van der Waals surface area contributed by atoms with Crippen molar-refractivity contribution in [3.05, 3.63) is 88.1 Å². The molecular formula is C38H46N6O7S. The molecule has 14 heteroatoms. The van der Waals surface area contributed by atoms with Crippen LogP contribution in [0.1, 0.15) is 68.0 Å². The molecule has 0 bridgehead atoms. The molecule has 2 heterocycles. The Hall–Kier alpha value is -5.24. The number of ether oxygens (including phenoxy) is 2. The molecule has 0 unspecified atom stereocenters. The van der Waals surface area contributed by atoms with Gasteiger partial charge in [-0.3, -0.25) is 29.4 Å². The molecule has 6 N–H and O–H groups in total. The number of rotatable bonds is 18. The molecule has 2 aliphatic rings. The number of amidine groups is 1.